The Morgan fingerprint density at radius 3 is 2.30 bits per heavy atom. The molecule has 27 heavy (non-hydrogen) atoms. The van der Waals surface area contributed by atoms with Crippen LogP contribution in [0.15, 0.2) is 60.9 Å². The summed E-state index contributed by atoms with van der Waals surface area (Å²) < 4.78 is 2.05. The summed E-state index contributed by atoms with van der Waals surface area (Å²) in [5.74, 6) is 1.00. The van der Waals surface area contributed by atoms with E-state index in [4.69, 9.17) is 0 Å². The van der Waals surface area contributed by atoms with E-state index in [1.54, 1.807) is 9.80 Å². The van der Waals surface area contributed by atoms with Gasteiger partial charge < -0.3 is 9.80 Å². The minimum Gasteiger partial charge on any atom is -0.322 e. The minimum absolute atomic E-state index is 0.903. The first kappa shape index (κ1) is 16.4. The minimum atomic E-state index is 0.903. The van der Waals surface area contributed by atoms with Crippen molar-refractivity contribution in [2.45, 2.75) is 13.1 Å². The molecule has 4 aromatic rings. The average Bonchev–Trinajstić information content (AvgIpc) is 3.13. The number of hydrogen-bond donors (Lipinski definition) is 2. The molecule has 0 unspecified atom stereocenters. The zero-order chi connectivity index (χ0) is 18.1. The molecule has 0 saturated carbocycles. The van der Waals surface area contributed by atoms with Crippen LogP contribution in [-0.2, 0) is 13.1 Å². The van der Waals surface area contributed by atoms with E-state index in [2.05, 4.69) is 56.0 Å². The Hall–Kier alpha value is -2.83. The molecule has 1 aliphatic heterocycles. The topological polar surface area (TPSA) is 52.0 Å². The molecule has 3 heterocycles. The van der Waals surface area contributed by atoms with Gasteiger partial charge in [0.25, 0.3) is 0 Å². The molecule has 2 aromatic carbocycles. The first-order valence-electron chi connectivity index (χ1n) is 9.65. The van der Waals surface area contributed by atoms with Crippen LogP contribution in [-0.4, -0.2) is 45.8 Å². The van der Waals surface area contributed by atoms with Crippen molar-refractivity contribution in [3.05, 3.63) is 72.3 Å². The average molecular weight is 360 g/mol. The van der Waals surface area contributed by atoms with E-state index in [1.165, 1.54) is 18.7 Å². The molecule has 2 N–H and O–H groups in total. The van der Waals surface area contributed by atoms with Gasteiger partial charge in [0.2, 0.25) is 0 Å². The summed E-state index contributed by atoms with van der Waals surface area (Å²) in [4.78, 5) is 7.81. The Labute approximate surface area is 158 Å². The van der Waals surface area contributed by atoms with Crippen molar-refractivity contribution in [3.63, 3.8) is 0 Å². The molecular weight excluding hydrogens is 336 g/mol. The predicted molar refractivity (Wildman–Crippen MR) is 104 cm³/mol. The van der Waals surface area contributed by atoms with E-state index in [0.29, 0.717) is 0 Å². The number of aromatic nitrogens is 4. The van der Waals surface area contributed by atoms with Crippen LogP contribution in [0.1, 0.15) is 11.4 Å². The van der Waals surface area contributed by atoms with Gasteiger partial charge >= 0.3 is 0 Å². The lowest BCUT2D eigenvalue weighted by Gasteiger charge is -2.29. The van der Waals surface area contributed by atoms with Crippen molar-refractivity contribution < 1.29 is 9.80 Å². The summed E-state index contributed by atoms with van der Waals surface area (Å²) in [5.41, 5.74) is 3.30. The second-order valence-corrected chi connectivity index (χ2v) is 7.41. The van der Waals surface area contributed by atoms with Gasteiger partial charge in [0.15, 0.2) is 11.5 Å². The first-order chi connectivity index (χ1) is 13.4. The fourth-order valence-electron chi connectivity index (χ4n) is 4.06. The quantitative estimate of drug-likeness (QED) is 0.528. The van der Waals surface area contributed by atoms with Crippen molar-refractivity contribution in [1.29, 1.82) is 0 Å². The monoisotopic (exact) mass is 360 g/mol. The van der Waals surface area contributed by atoms with E-state index >= 15 is 0 Å². The van der Waals surface area contributed by atoms with Gasteiger partial charge in [0, 0.05) is 10.9 Å². The van der Waals surface area contributed by atoms with Gasteiger partial charge in [-0.3, -0.25) is 4.40 Å². The Kier molecular flexibility index (Phi) is 4.27. The Bertz CT molecular complexity index is 1050. The van der Waals surface area contributed by atoms with E-state index in [1.807, 2.05) is 24.5 Å². The Balaban J connectivity index is 1.27. The normalized spacial score (nSPS) is 20.3. The number of hydrogen-bond acceptors (Lipinski definition) is 3. The molecule has 136 valence electrons. The van der Waals surface area contributed by atoms with E-state index in [9.17, 15) is 0 Å². The van der Waals surface area contributed by atoms with Crippen LogP contribution in [0.5, 0.6) is 0 Å². The van der Waals surface area contributed by atoms with Gasteiger partial charge in [-0.05, 0) is 12.1 Å². The molecule has 0 atom stereocenters. The lowest BCUT2D eigenvalue weighted by Crippen LogP contribution is -3.27. The van der Waals surface area contributed by atoms with Crippen LogP contribution in [0.3, 0.4) is 0 Å². The van der Waals surface area contributed by atoms with Crippen LogP contribution in [0.4, 0.5) is 0 Å². The molecule has 1 saturated heterocycles. The van der Waals surface area contributed by atoms with Gasteiger partial charge in [0.1, 0.15) is 45.6 Å². The van der Waals surface area contributed by atoms with Crippen LogP contribution in [0.2, 0.25) is 0 Å². The highest BCUT2D eigenvalue weighted by atomic mass is 15.3. The van der Waals surface area contributed by atoms with Gasteiger partial charge in [0.05, 0.1) is 5.52 Å². The largest absolute Gasteiger partial charge is 0.322 e. The lowest BCUT2D eigenvalue weighted by atomic mass is 10.2. The fourth-order valence-corrected chi connectivity index (χ4v) is 4.06. The molecular formula is C21H24N6+2. The standard InChI is InChI=1S/C21H22N6/c1-2-6-17(7-3-1)14-25-10-12-26(13-11-25)15-20-23-24-21-18-8-4-5-9-19(18)22-16-27(20)21/h1-9,16H,10-15H2/p+2. The number of benzene rings is 2. The number of nitrogens with one attached hydrogen (secondary N) is 2. The SMILES string of the molecule is c1ccc(C[NH+]2CC[NH+](Cc3nnc4c5ccccc5ncn34)CC2)cc1. The van der Waals surface area contributed by atoms with Crippen molar-refractivity contribution >= 4 is 16.6 Å². The highest BCUT2D eigenvalue weighted by molar-refractivity contribution is 5.90. The summed E-state index contributed by atoms with van der Waals surface area (Å²) in [7, 11) is 0. The molecule has 0 spiro atoms. The summed E-state index contributed by atoms with van der Waals surface area (Å²) in [6.07, 6.45) is 1.86. The number of piperazine rings is 1. The molecule has 0 radical (unpaired) electrons. The smallest absolute Gasteiger partial charge is 0.193 e. The Morgan fingerprint density at radius 2 is 1.48 bits per heavy atom. The van der Waals surface area contributed by atoms with E-state index < -0.39 is 0 Å². The van der Waals surface area contributed by atoms with Crippen molar-refractivity contribution in [1.82, 2.24) is 19.6 Å². The fraction of sp³-hybridized carbons (Fsp3) is 0.286. The number of quaternary nitrogens is 2. The van der Waals surface area contributed by atoms with Gasteiger partial charge in [-0.2, -0.15) is 0 Å². The molecule has 0 bridgehead atoms. The summed E-state index contributed by atoms with van der Waals surface area (Å²) in [6, 6.07) is 18.9. The highest BCUT2D eigenvalue weighted by Crippen LogP contribution is 2.16. The van der Waals surface area contributed by atoms with Gasteiger partial charge in [-0.1, -0.05) is 42.5 Å². The van der Waals surface area contributed by atoms with Crippen LogP contribution < -0.4 is 9.80 Å². The summed E-state index contributed by atoms with van der Waals surface area (Å²) in [5, 5.41) is 9.97. The van der Waals surface area contributed by atoms with Crippen molar-refractivity contribution in [3.8, 4) is 0 Å². The zero-order valence-corrected chi connectivity index (χ0v) is 15.3. The molecule has 6 heteroatoms. The van der Waals surface area contributed by atoms with Crippen LogP contribution >= 0.6 is 0 Å². The molecule has 1 fully saturated rings. The molecule has 0 aliphatic carbocycles. The third-order valence-electron chi connectivity index (χ3n) is 5.59. The number of rotatable bonds is 4. The third-order valence-corrected chi connectivity index (χ3v) is 5.59. The molecule has 6 nitrogen and oxygen atoms in total. The van der Waals surface area contributed by atoms with Crippen LogP contribution in [0, 0.1) is 0 Å². The van der Waals surface area contributed by atoms with Gasteiger partial charge in [-0.15, -0.1) is 10.2 Å². The van der Waals surface area contributed by atoms with Crippen LogP contribution in [0.25, 0.3) is 16.6 Å². The highest BCUT2D eigenvalue weighted by Gasteiger charge is 2.24. The number of fused-ring (bicyclic) bond motifs is 3. The second-order valence-electron chi connectivity index (χ2n) is 7.41. The summed E-state index contributed by atoms with van der Waals surface area (Å²) in [6.45, 7) is 6.75. The predicted octanol–water partition coefficient (Wildman–Crippen LogP) is -0.239. The van der Waals surface area contributed by atoms with Crippen molar-refractivity contribution in [2.75, 3.05) is 26.2 Å². The second kappa shape index (κ2) is 7.06. The lowest BCUT2D eigenvalue weighted by molar-refractivity contribution is -1.02. The third kappa shape index (κ3) is 3.29. The molecule has 1 aliphatic rings. The number of para-hydroxylation sites is 1. The van der Waals surface area contributed by atoms with Crippen molar-refractivity contribution in [2.24, 2.45) is 0 Å². The van der Waals surface area contributed by atoms with Gasteiger partial charge in [-0.25, -0.2) is 4.98 Å². The summed E-state index contributed by atoms with van der Waals surface area (Å²) >= 11 is 0. The molecule has 0 amide bonds. The maximum atomic E-state index is 4.56. The molecule has 5 rings (SSSR count). The van der Waals surface area contributed by atoms with E-state index in [0.717, 1.165) is 48.6 Å². The molecule has 2 aromatic heterocycles. The Morgan fingerprint density at radius 1 is 0.778 bits per heavy atom. The number of nitrogens with zero attached hydrogens (tertiary/aromatic N) is 4. The maximum absolute atomic E-state index is 4.56. The van der Waals surface area contributed by atoms with E-state index in [-0.39, 0.29) is 0 Å². The first-order valence-corrected chi connectivity index (χ1v) is 9.65. The maximum Gasteiger partial charge on any atom is 0.193 e. The zero-order valence-electron chi connectivity index (χ0n) is 15.3.